The topological polar surface area (TPSA) is 84.2 Å². The van der Waals surface area contributed by atoms with Gasteiger partial charge in [-0.1, -0.05) is 30.3 Å². The summed E-state index contributed by atoms with van der Waals surface area (Å²) in [5.41, 5.74) is 7.51. The van der Waals surface area contributed by atoms with E-state index in [1.807, 2.05) is 42.2 Å². The number of benzene rings is 1. The molecule has 0 radical (unpaired) electrons. The highest BCUT2D eigenvalue weighted by atomic mass is 16.5. The van der Waals surface area contributed by atoms with E-state index in [0.717, 1.165) is 17.1 Å². The number of H-pyrrole nitrogens is 1. The van der Waals surface area contributed by atoms with E-state index in [2.05, 4.69) is 9.97 Å². The minimum absolute atomic E-state index is 0.192. The number of aromatic amines is 1. The van der Waals surface area contributed by atoms with Gasteiger partial charge in [0.05, 0.1) is 12.7 Å². The predicted molar refractivity (Wildman–Crippen MR) is 82.8 cm³/mol. The van der Waals surface area contributed by atoms with Crippen LogP contribution in [0.3, 0.4) is 0 Å². The van der Waals surface area contributed by atoms with Gasteiger partial charge in [0.1, 0.15) is 11.9 Å². The lowest BCUT2D eigenvalue weighted by molar-refractivity contribution is -0.136. The summed E-state index contributed by atoms with van der Waals surface area (Å²) in [5.74, 6) is 0.475. The summed E-state index contributed by atoms with van der Waals surface area (Å²) >= 11 is 0. The van der Waals surface area contributed by atoms with Crippen molar-refractivity contribution < 1.29 is 9.53 Å². The first kappa shape index (κ1) is 14.7. The lowest BCUT2D eigenvalue weighted by Crippen LogP contribution is -2.56. The number of rotatable bonds is 4. The molecule has 6 nitrogen and oxygen atoms in total. The Morgan fingerprint density at radius 1 is 1.45 bits per heavy atom. The molecule has 116 valence electrons. The van der Waals surface area contributed by atoms with Gasteiger partial charge >= 0.3 is 0 Å². The zero-order valence-electron chi connectivity index (χ0n) is 12.5. The van der Waals surface area contributed by atoms with Crippen LogP contribution in [-0.4, -0.2) is 46.1 Å². The van der Waals surface area contributed by atoms with Crippen LogP contribution in [0.1, 0.15) is 12.6 Å². The van der Waals surface area contributed by atoms with Crippen molar-refractivity contribution in [2.24, 2.45) is 5.73 Å². The van der Waals surface area contributed by atoms with E-state index in [1.54, 1.807) is 6.20 Å². The summed E-state index contributed by atoms with van der Waals surface area (Å²) in [4.78, 5) is 21.4. The molecule has 2 heterocycles. The summed E-state index contributed by atoms with van der Waals surface area (Å²) in [5, 5.41) is 0. The zero-order chi connectivity index (χ0) is 15.5. The number of aromatic nitrogens is 2. The third kappa shape index (κ3) is 3.03. The Morgan fingerprint density at radius 3 is 2.95 bits per heavy atom. The van der Waals surface area contributed by atoms with Crippen LogP contribution in [0.4, 0.5) is 0 Å². The van der Waals surface area contributed by atoms with E-state index < -0.39 is 6.04 Å². The number of morpholine rings is 1. The molecule has 1 fully saturated rings. The van der Waals surface area contributed by atoms with E-state index in [4.69, 9.17) is 10.5 Å². The Kier molecular flexibility index (Phi) is 4.22. The van der Waals surface area contributed by atoms with Crippen LogP contribution in [0.25, 0.3) is 11.4 Å². The van der Waals surface area contributed by atoms with Crippen molar-refractivity contribution in [3.8, 4) is 11.4 Å². The molecule has 1 aliphatic rings. The second-order valence-corrected chi connectivity index (χ2v) is 5.52. The number of imidazole rings is 1. The van der Waals surface area contributed by atoms with Crippen molar-refractivity contribution in [2.75, 3.05) is 13.2 Å². The number of hydrogen-bond donors (Lipinski definition) is 2. The van der Waals surface area contributed by atoms with Gasteiger partial charge in [0.15, 0.2) is 0 Å². The van der Waals surface area contributed by atoms with Gasteiger partial charge in [0.2, 0.25) is 5.91 Å². The molecule has 1 saturated heterocycles. The van der Waals surface area contributed by atoms with E-state index in [0.29, 0.717) is 19.7 Å². The fourth-order valence-corrected chi connectivity index (χ4v) is 2.87. The Labute approximate surface area is 129 Å². The number of ether oxygens (including phenoxy) is 1. The lowest BCUT2D eigenvalue weighted by atomic mass is 10.1. The van der Waals surface area contributed by atoms with Gasteiger partial charge < -0.3 is 15.5 Å². The van der Waals surface area contributed by atoms with Gasteiger partial charge in [-0.25, -0.2) is 4.98 Å². The van der Waals surface area contributed by atoms with Crippen molar-refractivity contribution in [2.45, 2.75) is 25.6 Å². The molecular formula is C16H20N4O2. The second-order valence-electron chi connectivity index (χ2n) is 5.52. The van der Waals surface area contributed by atoms with Gasteiger partial charge in [0.25, 0.3) is 0 Å². The van der Waals surface area contributed by atoms with Crippen molar-refractivity contribution >= 4 is 5.91 Å². The SMILES string of the molecule is C[C@H]1OCCN(Cc2cnc(-c3ccccc3)[nH]2)[C@@H]1C(N)=O. The van der Waals surface area contributed by atoms with Crippen molar-refractivity contribution in [1.29, 1.82) is 0 Å². The predicted octanol–water partition coefficient (Wildman–Crippen LogP) is 1.15. The molecule has 3 N–H and O–H groups in total. The lowest BCUT2D eigenvalue weighted by Gasteiger charge is -2.37. The largest absolute Gasteiger partial charge is 0.375 e. The van der Waals surface area contributed by atoms with Crippen LogP contribution in [0, 0.1) is 0 Å². The molecule has 2 atom stereocenters. The molecule has 6 heteroatoms. The third-order valence-corrected chi connectivity index (χ3v) is 3.94. The molecule has 0 spiro atoms. The molecule has 0 bridgehead atoms. The number of nitrogens with zero attached hydrogens (tertiary/aromatic N) is 2. The number of carbonyl (C=O) groups is 1. The quantitative estimate of drug-likeness (QED) is 0.887. The average molecular weight is 300 g/mol. The average Bonchev–Trinajstić information content (AvgIpc) is 2.96. The monoisotopic (exact) mass is 300 g/mol. The molecule has 22 heavy (non-hydrogen) atoms. The normalized spacial score (nSPS) is 22.6. The second kappa shape index (κ2) is 6.29. The maximum Gasteiger partial charge on any atom is 0.237 e. The number of nitrogens with one attached hydrogen (secondary N) is 1. The number of carbonyl (C=O) groups excluding carboxylic acids is 1. The molecular weight excluding hydrogens is 280 g/mol. The number of nitrogens with two attached hydrogens (primary N) is 1. The van der Waals surface area contributed by atoms with Crippen LogP contribution in [0.15, 0.2) is 36.5 Å². The summed E-state index contributed by atoms with van der Waals surface area (Å²) in [7, 11) is 0. The Morgan fingerprint density at radius 2 is 2.23 bits per heavy atom. The maximum absolute atomic E-state index is 11.7. The molecule has 0 aliphatic carbocycles. The third-order valence-electron chi connectivity index (χ3n) is 3.94. The minimum atomic E-state index is -0.405. The van der Waals surface area contributed by atoms with Crippen LogP contribution in [-0.2, 0) is 16.1 Å². The van der Waals surface area contributed by atoms with Crippen molar-refractivity contribution in [3.63, 3.8) is 0 Å². The summed E-state index contributed by atoms with van der Waals surface area (Å²) in [6.07, 6.45) is 1.61. The summed E-state index contributed by atoms with van der Waals surface area (Å²) < 4.78 is 5.53. The molecule has 3 rings (SSSR count). The van der Waals surface area contributed by atoms with Crippen molar-refractivity contribution in [3.05, 3.63) is 42.2 Å². The molecule has 0 saturated carbocycles. The molecule has 1 amide bonds. The van der Waals surface area contributed by atoms with Crippen LogP contribution in [0.5, 0.6) is 0 Å². The highest BCUT2D eigenvalue weighted by Gasteiger charge is 2.33. The first-order valence-corrected chi connectivity index (χ1v) is 7.39. The minimum Gasteiger partial charge on any atom is -0.375 e. The Bertz CT molecular complexity index is 641. The van der Waals surface area contributed by atoms with E-state index >= 15 is 0 Å². The number of amides is 1. The fourth-order valence-electron chi connectivity index (χ4n) is 2.87. The number of hydrogen-bond acceptors (Lipinski definition) is 4. The summed E-state index contributed by atoms with van der Waals surface area (Å²) in [6.45, 7) is 3.76. The van der Waals surface area contributed by atoms with Crippen LogP contribution >= 0.6 is 0 Å². The van der Waals surface area contributed by atoms with E-state index in [9.17, 15) is 4.79 Å². The number of primary amides is 1. The first-order valence-electron chi connectivity index (χ1n) is 7.39. The smallest absolute Gasteiger partial charge is 0.237 e. The van der Waals surface area contributed by atoms with Gasteiger partial charge in [0, 0.05) is 30.5 Å². The van der Waals surface area contributed by atoms with Gasteiger partial charge in [-0.15, -0.1) is 0 Å². The van der Waals surface area contributed by atoms with Crippen LogP contribution in [0.2, 0.25) is 0 Å². The van der Waals surface area contributed by atoms with Gasteiger partial charge in [-0.2, -0.15) is 0 Å². The standard InChI is InChI=1S/C16H20N4O2/c1-11-14(15(17)21)20(7-8-22-11)10-13-9-18-16(19-13)12-5-3-2-4-6-12/h2-6,9,11,14H,7-8,10H2,1H3,(H2,17,21)(H,18,19)/t11-,14+/m1/s1. The molecule has 1 aliphatic heterocycles. The van der Waals surface area contributed by atoms with Crippen molar-refractivity contribution in [1.82, 2.24) is 14.9 Å². The highest BCUT2D eigenvalue weighted by molar-refractivity contribution is 5.80. The van der Waals surface area contributed by atoms with E-state index in [1.165, 1.54) is 0 Å². The fraction of sp³-hybridized carbons (Fsp3) is 0.375. The van der Waals surface area contributed by atoms with Crippen LogP contribution < -0.4 is 5.73 Å². The maximum atomic E-state index is 11.7. The van der Waals surface area contributed by atoms with Gasteiger partial charge in [-0.05, 0) is 6.92 Å². The highest BCUT2D eigenvalue weighted by Crippen LogP contribution is 2.19. The summed E-state index contributed by atoms with van der Waals surface area (Å²) in [6, 6.07) is 9.53. The molecule has 2 aromatic rings. The van der Waals surface area contributed by atoms with Gasteiger partial charge in [-0.3, -0.25) is 9.69 Å². The zero-order valence-corrected chi connectivity index (χ0v) is 12.5. The van der Waals surface area contributed by atoms with E-state index in [-0.39, 0.29) is 12.0 Å². The Balaban J connectivity index is 1.75. The first-order chi connectivity index (χ1) is 10.6. The molecule has 1 aromatic carbocycles. The molecule has 0 unspecified atom stereocenters. The molecule has 1 aromatic heterocycles. The Hall–Kier alpha value is -2.18.